The second-order valence-corrected chi connectivity index (χ2v) is 5.71. The summed E-state index contributed by atoms with van der Waals surface area (Å²) < 4.78 is 5.46. The molecule has 0 bridgehead atoms. The first-order valence-corrected chi connectivity index (χ1v) is 6.86. The molecular formula is C12H17N3OS. The molecule has 0 aliphatic carbocycles. The van der Waals surface area contributed by atoms with Gasteiger partial charge in [-0.1, -0.05) is 6.07 Å². The van der Waals surface area contributed by atoms with Gasteiger partial charge >= 0.3 is 0 Å². The summed E-state index contributed by atoms with van der Waals surface area (Å²) in [4.78, 5) is 8.07. The van der Waals surface area contributed by atoms with E-state index >= 15 is 0 Å². The van der Waals surface area contributed by atoms with Gasteiger partial charge in [0.25, 0.3) is 0 Å². The summed E-state index contributed by atoms with van der Waals surface area (Å²) in [6.07, 6.45) is 2.06. The molecule has 1 aromatic heterocycles. The van der Waals surface area contributed by atoms with Gasteiger partial charge in [0.05, 0.1) is 18.6 Å². The van der Waals surface area contributed by atoms with Crippen LogP contribution < -0.4 is 5.73 Å². The monoisotopic (exact) mass is 251 g/mol. The molecule has 4 nitrogen and oxygen atoms in total. The summed E-state index contributed by atoms with van der Waals surface area (Å²) in [6.45, 7) is 3.36. The lowest BCUT2D eigenvalue weighted by Gasteiger charge is -2.41. The Balaban J connectivity index is 1.81. The van der Waals surface area contributed by atoms with Crippen LogP contribution in [-0.2, 0) is 11.3 Å². The van der Waals surface area contributed by atoms with Crippen LogP contribution in [0.2, 0.25) is 0 Å². The van der Waals surface area contributed by atoms with E-state index in [2.05, 4.69) is 27.4 Å². The summed E-state index contributed by atoms with van der Waals surface area (Å²) in [5, 5.41) is 2.11. The van der Waals surface area contributed by atoms with Gasteiger partial charge in [0.15, 0.2) is 5.96 Å². The molecule has 3 heterocycles. The molecule has 17 heavy (non-hydrogen) atoms. The van der Waals surface area contributed by atoms with E-state index in [4.69, 9.17) is 10.5 Å². The van der Waals surface area contributed by atoms with Gasteiger partial charge in [-0.2, -0.15) is 0 Å². The predicted octanol–water partition coefficient (Wildman–Crippen LogP) is 1.43. The van der Waals surface area contributed by atoms with Crippen LogP contribution in [0.5, 0.6) is 0 Å². The third-order valence-electron chi connectivity index (χ3n) is 3.70. The molecule has 1 aromatic rings. The lowest BCUT2D eigenvalue weighted by atomic mass is 9.89. The Labute approximate surface area is 105 Å². The zero-order valence-electron chi connectivity index (χ0n) is 9.76. The zero-order valence-corrected chi connectivity index (χ0v) is 10.6. The number of rotatable bonds is 2. The van der Waals surface area contributed by atoms with E-state index in [9.17, 15) is 0 Å². The Hall–Kier alpha value is -1.07. The molecule has 3 rings (SSSR count). The van der Waals surface area contributed by atoms with Gasteiger partial charge in [-0.05, 0) is 24.3 Å². The third-order valence-corrected chi connectivity index (χ3v) is 4.56. The number of ether oxygens (including phenoxy) is 1. The summed E-state index contributed by atoms with van der Waals surface area (Å²) in [6, 6.07) is 4.24. The second kappa shape index (κ2) is 4.31. The molecule has 0 radical (unpaired) electrons. The fourth-order valence-electron chi connectivity index (χ4n) is 2.63. The van der Waals surface area contributed by atoms with Crippen molar-refractivity contribution >= 4 is 17.3 Å². The van der Waals surface area contributed by atoms with E-state index in [1.54, 1.807) is 11.3 Å². The molecule has 2 N–H and O–H groups in total. The Morgan fingerprint density at radius 3 is 3.00 bits per heavy atom. The van der Waals surface area contributed by atoms with Crippen molar-refractivity contribution in [2.24, 2.45) is 10.7 Å². The predicted molar refractivity (Wildman–Crippen MR) is 69.1 cm³/mol. The molecule has 1 saturated heterocycles. The Morgan fingerprint density at radius 2 is 2.29 bits per heavy atom. The minimum atomic E-state index is 0.117. The smallest absolute Gasteiger partial charge is 0.192 e. The third kappa shape index (κ3) is 1.93. The summed E-state index contributed by atoms with van der Waals surface area (Å²) in [5.41, 5.74) is 6.16. The molecule has 2 aliphatic rings. The van der Waals surface area contributed by atoms with E-state index in [1.807, 2.05) is 0 Å². The second-order valence-electron chi connectivity index (χ2n) is 4.68. The molecule has 0 atom stereocenters. The fourth-order valence-corrected chi connectivity index (χ4v) is 3.32. The average molecular weight is 251 g/mol. The first kappa shape index (κ1) is 11.0. The summed E-state index contributed by atoms with van der Waals surface area (Å²) in [5.74, 6) is 0.695. The quantitative estimate of drug-likeness (QED) is 0.865. The molecule has 1 spiro atoms. The molecule has 0 amide bonds. The minimum absolute atomic E-state index is 0.117. The van der Waals surface area contributed by atoms with Crippen molar-refractivity contribution in [2.45, 2.75) is 24.9 Å². The number of aliphatic imine (C=N–C) groups is 1. The van der Waals surface area contributed by atoms with Gasteiger partial charge < -0.3 is 15.4 Å². The zero-order chi connectivity index (χ0) is 11.7. The number of guanidine groups is 1. The molecule has 2 aliphatic heterocycles. The van der Waals surface area contributed by atoms with Gasteiger partial charge in [-0.25, -0.2) is 0 Å². The van der Waals surface area contributed by atoms with Crippen molar-refractivity contribution in [3.63, 3.8) is 0 Å². The van der Waals surface area contributed by atoms with Crippen LogP contribution in [-0.4, -0.2) is 36.2 Å². The summed E-state index contributed by atoms with van der Waals surface area (Å²) >= 11 is 1.78. The number of nitrogens with two attached hydrogens (primary N) is 1. The highest BCUT2D eigenvalue weighted by Gasteiger charge is 2.43. The van der Waals surface area contributed by atoms with Gasteiger partial charge in [0.2, 0.25) is 0 Å². The number of hydrogen-bond acceptors (Lipinski definition) is 5. The lowest BCUT2D eigenvalue weighted by molar-refractivity contribution is 0.00931. The van der Waals surface area contributed by atoms with Crippen molar-refractivity contribution in [1.82, 2.24) is 4.90 Å². The normalized spacial score (nSPS) is 23.1. The van der Waals surface area contributed by atoms with Crippen molar-refractivity contribution in [3.8, 4) is 0 Å². The van der Waals surface area contributed by atoms with Crippen LogP contribution in [0.4, 0.5) is 0 Å². The Kier molecular flexibility index (Phi) is 2.80. The maximum absolute atomic E-state index is 6.04. The maximum atomic E-state index is 6.04. The lowest BCUT2D eigenvalue weighted by Crippen LogP contribution is -2.53. The molecular weight excluding hydrogens is 234 g/mol. The number of nitrogens with zero attached hydrogens (tertiary/aromatic N) is 2. The van der Waals surface area contributed by atoms with Gasteiger partial charge in [-0.3, -0.25) is 4.99 Å². The van der Waals surface area contributed by atoms with Crippen molar-refractivity contribution < 1.29 is 4.74 Å². The SMILES string of the molecule is NC1=NCC2(CCOCC2)N1Cc1cccs1. The van der Waals surface area contributed by atoms with Crippen LogP contribution in [0.25, 0.3) is 0 Å². The highest BCUT2D eigenvalue weighted by molar-refractivity contribution is 7.09. The molecule has 0 aromatic carbocycles. The van der Waals surface area contributed by atoms with E-state index in [0.29, 0.717) is 5.96 Å². The maximum Gasteiger partial charge on any atom is 0.192 e. The van der Waals surface area contributed by atoms with E-state index in [0.717, 1.165) is 39.1 Å². The van der Waals surface area contributed by atoms with Crippen LogP contribution in [0.3, 0.4) is 0 Å². The Morgan fingerprint density at radius 1 is 1.47 bits per heavy atom. The van der Waals surface area contributed by atoms with Gasteiger partial charge in [-0.15, -0.1) is 11.3 Å². The topological polar surface area (TPSA) is 50.9 Å². The van der Waals surface area contributed by atoms with Gasteiger partial charge in [0, 0.05) is 18.1 Å². The minimum Gasteiger partial charge on any atom is -0.381 e. The van der Waals surface area contributed by atoms with E-state index in [1.165, 1.54) is 4.88 Å². The molecule has 1 fully saturated rings. The largest absolute Gasteiger partial charge is 0.381 e. The van der Waals surface area contributed by atoms with Crippen molar-refractivity contribution in [3.05, 3.63) is 22.4 Å². The van der Waals surface area contributed by atoms with Crippen molar-refractivity contribution in [2.75, 3.05) is 19.8 Å². The Bertz CT molecular complexity index is 409. The van der Waals surface area contributed by atoms with E-state index < -0.39 is 0 Å². The highest BCUT2D eigenvalue weighted by Crippen LogP contribution is 2.33. The molecule has 5 heteroatoms. The highest BCUT2D eigenvalue weighted by atomic mass is 32.1. The van der Waals surface area contributed by atoms with E-state index in [-0.39, 0.29) is 5.54 Å². The van der Waals surface area contributed by atoms with Crippen LogP contribution in [0.15, 0.2) is 22.5 Å². The molecule has 0 saturated carbocycles. The molecule has 92 valence electrons. The summed E-state index contributed by atoms with van der Waals surface area (Å²) in [7, 11) is 0. The fraction of sp³-hybridized carbons (Fsp3) is 0.583. The number of thiophene rings is 1. The molecule has 0 unspecified atom stereocenters. The van der Waals surface area contributed by atoms with Crippen LogP contribution in [0, 0.1) is 0 Å². The van der Waals surface area contributed by atoms with Crippen molar-refractivity contribution in [1.29, 1.82) is 0 Å². The van der Waals surface area contributed by atoms with Crippen LogP contribution >= 0.6 is 11.3 Å². The first-order valence-electron chi connectivity index (χ1n) is 5.98. The number of hydrogen-bond donors (Lipinski definition) is 1. The first-order chi connectivity index (χ1) is 8.30. The van der Waals surface area contributed by atoms with Crippen LogP contribution in [0.1, 0.15) is 17.7 Å². The van der Waals surface area contributed by atoms with Gasteiger partial charge in [0.1, 0.15) is 0 Å². The standard InChI is InChI=1S/C12H17N3OS/c13-11-14-9-12(3-5-16-6-4-12)15(11)8-10-2-1-7-17-10/h1-2,7H,3-6,8-9H2,(H2,13,14). The average Bonchev–Trinajstić information content (AvgIpc) is 2.95.